The van der Waals surface area contributed by atoms with Gasteiger partial charge in [0.15, 0.2) is 0 Å². The summed E-state index contributed by atoms with van der Waals surface area (Å²) in [5.41, 5.74) is 10.8. The monoisotopic (exact) mass is 465 g/mol. The Morgan fingerprint density at radius 1 is 0.971 bits per heavy atom. The maximum Gasteiger partial charge on any atom is 0.271 e. The van der Waals surface area contributed by atoms with Crippen LogP contribution >= 0.6 is 0 Å². The average Bonchev–Trinajstić information content (AvgIpc) is 3.50. The van der Waals surface area contributed by atoms with Crippen LogP contribution in [0.15, 0.2) is 73.3 Å². The van der Waals surface area contributed by atoms with E-state index in [1.54, 1.807) is 12.4 Å². The number of hydrogen-bond acceptors (Lipinski definition) is 5. The van der Waals surface area contributed by atoms with Crippen molar-refractivity contribution in [3.05, 3.63) is 107 Å². The maximum atomic E-state index is 12.8. The number of aryl methyl sites for hydroxylation is 2. The molecule has 0 unspecified atom stereocenters. The highest BCUT2D eigenvalue weighted by Gasteiger charge is 2.14. The summed E-state index contributed by atoms with van der Waals surface area (Å²) >= 11 is 0. The number of aromatic nitrogens is 5. The Labute approximate surface area is 203 Å². The average molecular weight is 466 g/mol. The Bertz CT molecular complexity index is 1480. The van der Waals surface area contributed by atoms with Gasteiger partial charge in [-0.05, 0) is 53.6 Å². The fourth-order valence-corrected chi connectivity index (χ4v) is 4.24. The van der Waals surface area contributed by atoms with Gasteiger partial charge < -0.3 is 15.6 Å². The van der Waals surface area contributed by atoms with Gasteiger partial charge in [-0.25, -0.2) is 9.97 Å². The predicted octanol–water partition coefficient (Wildman–Crippen LogP) is 3.85. The number of pyridine rings is 1. The standard InChI is InChI=1S/C27H27N7O/c1-18-22(8-9-24-23(18)10-12-29-26(24)28)14-30-27(35)25-17-33(19(2)32-25)15-20-4-6-21(7-5-20)16-34-13-3-11-31-34/h3-13,17H,14-16H2,1-2H3,(H2,28,29)(H,30,35). The van der Waals surface area contributed by atoms with E-state index in [-0.39, 0.29) is 5.91 Å². The highest BCUT2D eigenvalue weighted by molar-refractivity contribution is 5.94. The van der Waals surface area contributed by atoms with Crippen LogP contribution in [0.3, 0.4) is 0 Å². The Hall–Kier alpha value is -4.46. The summed E-state index contributed by atoms with van der Waals surface area (Å²) in [6.45, 7) is 5.74. The number of imidazole rings is 1. The van der Waals surface area contributed by atoms with E-state index < -0.39 is 0 Å². The van der Waals surface area contributed by atoms with Crippen molar-refractivity contribution in [1.82, 2.24) is 29.6 Å². The normalized spacial score (nSPS) is 11.1. The van der Waals surface area contributed by atoms with E-state index in [0.29, 0.717) is 24.6 Å². The molecule has 0 saturated heterocycles. The molecule has 3 N–H and O–H groups in total. The van der Waals surface area contributed by atoms with Gasteiger partial charge in [-0.15, -0.1) is 0 Å². The number of hydrogen-bond donors (Lipinski definition) is 2. The molecule has 35 heavy (non-hydrogen) atoms. The fraction of sp³-hybridized carbons (Fsp3) is 0.185. The second-order valence-corrected chi connectivity index (χ2v) is 8.65. The molecule has 5 rings (SSSR count). The highest BCUT2D eigenvalue weighted by Crippen LogP contribution is 2.24. The summed E-state index contributed by atoms with van der Waals surface area (Å²) in [5.74, 6) is 1.10. The number of carbonyl (C=O) groups is 1. The van der Waals surface area contributed by atoms with E-state index in [2.05, 4.69) is 44.6 Å². The number of benzene rings is 2. The zero-order valence-corrected chi connectivity index (χ0v) is 19.8. The zero-order chi connectivity index (χ0) is 24.4. The summed E-state index contributed by atoms with van der Waals surface area (Å²) in [7, 11) is 0. The van der Waals surface area contributed by atoms with Crippen LogP contribution in [0.4, 0.5) is 5.82 Å². The molecule has 0 atom stereocenters. The second-order valence-electron chi connectivity index (χ2n) is 8.65. The number of nitrogens with two attached hydrogens (primary N) is 1. The molecule has 0 saturated carbocycles. The Morgan fingerprint density at radius 3 is 2.49 bits per heavy atom. The molecule has 176 valence electrons. The highest BCUT2D eigenvalue weighted by atomic mass is 16.1. The number of nitrogens with zero attached hydrogens (tertiary/aromatic N) is 5. The number of amides is 1. The molecule has 8 nitrogen and oxygen atoms in total. The summed E-state index contributed by atoms with van der Waals surface area (Å²) in [5, 5.41) is 9.21. The van der Waals surface area contributed by atoms with Crippen molar-refractivity contribution in [1.29, 1.82) is 0 Å². The van der Waals surface area contributed by atoms with E-state index in [1.165, 1.54) is 5.56 Å². The molecule has 3 heterocycles. The third-order valence-corrected chi connectivity index (χ3v) is 6.29. The topological polar surface area (TPSA) is 104 Å². The van der Waals surface area contributed by atoms with E-state index in [0.717, 1.165) is 39.8 Å². The van der Waals surface area contributed by atoms with Gasteiger partial charge in [0.1, 0.15) is 17.3 Å². The molecule has 0 bridgehead atoms. The van der Waals surface area contributed by atoms with Crippen LogP contribution in [-0.4, -0.2) is 30.2 Å². The van der Waals surface area contributed by atoms with Crippen LogP contribution in [0.25, 0.3) is 10.8 Å². The second kappa shape index (κ2) is 9.42. The lowest BCUT2D eigenvalue weighted by molar-refractivity contribution is 0.0946. The van der Waals surface area contributed by atoms with Crippen LogP contribution in [0, 0.1) is 13.8 Å². The molecule has 0 fully saturated rings. The van der Waals surface area contributed by atoms with Gasteiger partial charge >= 0.3 is 0 Å². The van der Waals surface area contributed by atoms with Gasteiger partial charge in [-0.1, -0.05) is 36.4 Å². The third-order valence-electron chi connectivity index (χ3n) is 6.29. The molecule has 2 aromatic carbocycles. The largest absolute Gasteiger partial charge is 0.383 e. The van der Waals surface area contributed by atoms with Gasteiger partial charge in [0.25, 0.3) is 5.91 Å². The summed E-state index contributed by atoms with van der Waals surface area (Å²) in [4.78, 5) is 21.5. The number of rotatable bonds is 7. The molecule has 0 radical (unpaired) electrons. The van der Waals surface area contributed by atoms with Gasteiger partial charge in [0, 0.05) is 43.3 Å². The predicted molar refractivity (Wildman–Crippen MR) is 136 cm³/mol. The van der Waals surface area contributed by atoms with Gasteiger partial charge in [0.2, 0.25) is 0 Å². The first-order chi connectivity index (χ1) is 17.0. The van der Waals surface area contributed by atoms with Crippen LogP contribution < -0.4 is 11.1 Å². The van der Waals surface area contributed by atoms with Crippen LogP contribution in [0.5, 0.6) is 0 Å². The Balaban J connectivity index is 1.24. The zero-order valence-electron chi connectivity index (χ0n) is 19.8. The summed E-state index contributed by atoms with van der Waals surface area (Å²) in [6, 6.07) is 16.2. The molecule has 1 amide bonds. The minimum Gasteiger partial charge on any atom is -0.383 e. The quantitative estimate of drug-likeness (QED) is 0.380. The number of carbonyl (C=O) groups excluding carboxylic acids is 1. The van der Waals surface area contributed by atoms with Gasteiger partial charge in [0.05, 0.1) is 6.54 Å². The maximum absolute atomic E-state index is 12.8. The number of nitrogens with one attached hydrogen (secondary N) is 1. The van der Waals surface area contributed by atoms with Crippen molar-refractivity contribution < 1.29 is 4.79 Å². The first-order valence-electron chi connectivity index (χ1n) is 11.5. The molecular weight excluding hydrogens is 438 g/mol. The van der Waals surface area contributed by atoms with Gasteiger partial charge in [-0.2, -0.15) is 5.10 Å². The van der Waals surface area contributed by atoms with Crippen molar-refractivity contribution in [2.24, 2.45) is 0 Å². The minimum absolute atomic E-state index is 0.199. The summed E-state index contributed by atoms with van der Waals surface area (Å²) in [6.07, 6.45) is 7.24. The molecule has 5 aromatic rings. The molecule has 0 aliphatic heterocycles. The minimum atomic E-state index is -0.199. The fourth-order valence-electron chi connectivity index (χ4n) is 4.24. The van der Waals surface area contributed by atoms with Gasteiger partial charge in [-0.3, -0.25) is 9.48 Å². The number of fused-ring (bicyclic) bond motifs is 1. The Morgan fingerprint density at radius 2 is 1.74 bits per heavy atom. The Kier molecular flexibility index (Phi) is 6.01. The van der Waals surface area contributed by atoms with Crippen molar-refractivity contribution in [2.75, 3.05) is 5.73 Å². The number of nitrogen functional groups attached to an aromatic ring is 1. The lowest BCUT2D eigenvalue weighted by Crippen LogP contribution is -2.23. The molecule has 3 aromatic heterocycles. The third kappa shape index (κ3) is 4.77. The first kappa shape index (κ1) is 22.3. The van der Waals surface area contributed by atoms with Crippen LogP contribution in [0.2, 0.25) is 0 Å². The molecule has 8 heteroatoms. The molecule has 0 aliphatic carbocycles. The van der Waals surface area contributed by atoms with Crippen molar-refractivity contribution in [3.8, 4) is 0 Å². The van der Waals surface area contributed by atoms with E-state index in [1.807, 2.05) is 59.8 Å². The number of anilines is 1. The smallest absolute Gasteiger partial charge is 0.271 e. The van der Waals surface area contributed by atoms with E-state index >= 15 is 0 Å². The summed E-state index contributed by atoms with van der Waals surface area (Å²) < 4.78 is 3.89. The van der Waals surface area contributed by atoms with Crippen molar-refractivity contribution in [2.45, 2.75) is 33.5 Å². The van der Waals surface area contributed by atoms with Crippen LogP contribution in [0.1, 0.15) is 38.6 Å². The lowest BCUT2D eigenvalue weighted by atomic mass is 10.0. The molecular formula is C27H27N7O. The van der Waals surface area contributed by atoms with Crippen molar-refractivity contribution >= 4 is 22.5 Å². The lowest BCUT2D eigenvalue weighted by Gasteiger charge is -2.11. The van der Waals surface area contributed by atoms with Crippen molar-refractivity contribution in [3.63, 3.8) is 0 Å². The van der Waals surface area contributed by atoms with E-state index in [4.69, 9.17) is 5.73 Å². The van der Waals surface area contributed by atoms with Crippen LogP contribution in [-0.2, 0) is 19.6 Å². The molecule has 0 spiro atoms. The van der Waals surface area contributed by atoms with E-state index in [9.17, 15) is 4.79 Å². The first-order valence-corrected chi connectivity index (χ1v) is 11.5. The SMILES string of the molecule is Cc1c(CNC(=O)c2cn(Cc3ccc(Cn4cccn4)cc3)c(C)n2)ccc2c(N)nccc12. The molecule has 0 aliphatic rings.